The number of amides is 1. The lowest BCUT2D eigenvalue weighted by atomic mass is 9.89. The zero-order chi connectivity index (χ0) is 24.5. The summed E-state index contributed by atoms with van der Waals surface area (Å²) in [5.41, 5.74) is 5.66. The van der Waals surface area contributed by atoms with Crippen LogP contribution in [0.25, 0.3) is 21.3 Å². The van der Waals surface area contributed by atoms with Gasteiger partial charge >= 0.3 is 0 Å². The maximum Gasteiger partial charge on any atom is 0.295 e. The second-order valence-electron chi connectivity index (χ2n) is 9.65. The van der Waals surface area contributed by atoms with Gasteiger partial charge in [0.2, 0.25) is 5.91 Å². The number of aryl methyl sites for hydroxylation is 2. The lowest BCUT2D eigenvalue weighted by Gasteiger charge is -2.36. The quantitative estimate of drug-likeness (QED) is 0.319. The first-order valence-corrected chi connectivity index (χ1v) is 14.5. The average molecular weight is 602 g/mol. The molecule has 0 saturated carbocycles. The van der Waals surface area contributed by atoms with Gasteiger partial charge in [-0.3, -0.25) is 9.78 Å². The first-order chi connectivity index (χ1) is 16.9. The fourth-order valence-electron chi connectivity index (χ4n) is 5.26. The molecule has 9 heteroatoms. The molecule has 0 aliphatic carbocycles. The number of ether oxygens (including phenoxy) is 1. The Bertz CT molecular complexity index is 1230. The van der Waals surface area contributed by atoms with Crippen molar-refractivity contribution < 1.29 is 9.53 Å². The number of benzene rings is 1. The van der Waals surface area contributed by atoms with Crippen LogP contribution in [0.3, 0.4) is 0 Å². The lowest BCUT2D eigenvalue weighted by molar-refractivity contribution is -0.126. The molecule has 184 valence electrons. The van der Waals surface area contributed by atoms with E-state index in [0.29, 0.717) is 17.7 Å². The maximum absolute atomic E-state index is 12.7. The number of piperidine rings is 1. The lowest BCUT2D eigenvalue weighted by Crippen LogP contribution is -2.58. The minimum Gasteiger partial charge on any atom is -0.488 e. The number of nitrogens with zero attached hydrogens (tertiary/aromatic N) is 2. The molecule has 2 fully saturated rings. The third-order valence-electron chi connectivity index (χ3n) is 6.93. The normalized spacial score (nSPS) is 21.2. The molecule has 2 aliphatic rings. The number of nitrogens with one attached hydrogen (secondary N) is 2. The van der Waals surface area contributed by atoms with Crippen molar-refractivity contribution in [1.82, 2.24) is 20.4 Å². The predicted molar refractivity (Wildman–Crippen MR) is 154 cm³/mol. The van der Waals surface area contributed by atoms with Crippen LogP contribution >= 0.6 is 33.7 Å². The Balaban J connectivity index is 1.52. The highest BCUT2D eigenvalue weighted by Gasteiger charge is 2.33. The highest BCUT2D eigenvalue weighted by molar-refractivity contribution is 14.1. The molecule has 0 bridgehead atoms. The summed E-state index contributed by atoms with van der Waals surface area (Å²) < 4.78 is 8.08. The molecule has 6 nitrogen and oxygen atoms in total. The number of hydrogen-bond acceptors (Lipinski definition) is 6. The summed E-state index contributed by atoms with van der Waals surface area (Å²) >= 11 is 4.16. The zero-order valence-electron chi connectivity index (χ0n) is 20.6. The van der Waals surface area contributed by atoms with E-state index in [0.717, 1.165) is 65.1 Å². The fourth-order valence-corrected chi connectivity index (χ4v) is 7.10. The molecular weight excluding hydrogens is 570 g/mol. The highest BCUT2D eigenvalue weighted by atomic mass is 127. The van der Waals surface area contributed by atoms with Gasteiger partial charge in [0, 0.05) is 48.3 Å². The van der Waals surface area contributed by atoms with Gasteiger partial charge in [-0.05, 0) is 62.6 Å². The molecule has 1 aromatic carbocycles. The molecule has 2 saturated heterocycles. The van der Waals surface area contributed by atoms with E-state index in [4.69, 9.17) is 4.74 Å². The molecule has 5 rings (SSSR count). The van der Waals surface area contributed by atoms with E-state index in [2.05, 4.69) is 87.7 Å². The number of rotatable bonds is 6. The second-order valence-corrected chi connectivity index (χ2v) is 12.6. The Labute approximate surface area is 225 Å². The van der Waals surface area contributed by atoms with Crippen LogP contribution in [0.5, 0.6) is 5.75 Å². The van der Waals surface area contributed by atoms with Crippen LogP contribution in [0, 0.1) is 13.8 Å². The Hall–Kier alpha value is -1.69. The summed E-state index contributed by atoms with van der Waals surface area (Å²) in [6.07, 6.45) is 4.99. The van der Waals surface area contributed by atoms with Gasteiger partial charge in [-0.1, -0.05) is 12.9 Å². The number of hydrogen-bond donors (Lipinski definition) is 2. The highest BCUT2D eigenvalue weighted by Crippen LogP contribution is 2.41. The van der Waals surface area contributed by atoms with Gasteiger partial charge < -0.3 is 20.2 Å². The van der Waals surface area contributed by atoms with Crippen LogP contribution in [0.2, 0.25) is 6.82 Å². The van der Waals surface area contributed by atoms with E-state index >= 15 is 0 Å². The van der Waals surface area contributed by atoms with Gasteiger partial charge in [0.15, 0.2) is 0 Å². The summed E-state index contributed by atoms with van der Waals surface area (Å²) in [5, 5.41) is 6.51. The van der Waals surface area contributed by atoms with Gasteiger partial charge in [-0.25, -0.2) is 0 Å². The van der Waals surface area contributed by atoms with Gasteiger partial charge in [-0.2, -0.15) is 0 Å². The Kier molecular flexibility index (Phi) is 7.67. The first-order valence-electron chi connectivity index (χ1n) is 12.4. The average Bonchev–Trinajstić information content (AvgIpc) is 3.25. The Morgan fingerprint density at radius 1 is 1.26 bits per heavy atom. The van der Waals surface area contributed by atoms with Gasteiger partial charge in [0.05, 0.1) is 16.3 Å². The third kappa shape index (κ3) is 5.38. The number of pyridine rings is 1. The smallest absolute Gasteiger partial charge is 0.295 e. The van der Waals surface area contributed by atoms with E-state index < -0.39 is 0 Å². The minimum absolute atomic E-state index is 0.122. The van der Waals surface area contributed by atoms with E-state index in [-0.39, 0.29) is 18.1 Å². The van der Waals surface area contributed by atoms with Crippen molar-refractivity contribution in [2.45, 2.75) is 52.1 Å². The number of fused-ring (bicyclic) bond motifs is 1. The molecule has 2 aromatic heterocycles. The number of thiophene rings is 1. The van der Waals surface area contributed by atoms with E-state index in [1.807, 2.05) is 6.20 Å². The first kappa shape index (κ1) is 25.0. The number of halogens is 1. The van der Waals surface area contributed by atoms with Crippen molar-refractivity contribution in [3.8, 4) is 16.9 Å². The molecule has 4 heterocycles. The van der Waals surface area contributed by atoms with Crippen molar-refractivity contribution in [3.05, 3.63) is 46.5 Å². The summed E-state index contributed by atoms with van der Waals surface area (Å²) in [6.45, 7) is 9.98. The van der Waals surface area contributed by atoms with Crippen LogP contribution in [0.4, 0.5) is 0 Å². The van der Waals surface area contributed by atoms with Crippen molar-refractivity contribution in [2.75, 3.05) is 26.2 Å². The SMILES string of the molecule is CB(I)N1CCNC(=O)C1Cc1cc2nccc(-c3cc(C)cc(C)c3O[C@H]3CCCNC3)c2s1. The zero-order valence-corrected chi connectivity index (χ0v) is 23.5. The van der Waals surface area contributed by atoms with E-state index in [1.165, 1.54) is 10.4 Å². The minimum atomic E-state index is -0.147. The van der Waals surface area contributed by atoms with E-state index in [1.54, 1.807) is 11.3 Å². The molecule has 3 aromatic rings. The molecule has 1 unspecified atom stereocenters. The summed E-state index contributed by atoms with van der Waals surface area (Å²) in [6, 6.07) is 8.56. The van der Waals surface area contributed by atoms with Crippen LogP contribution < -0.4 is 15.4 Å². The Morgan fingerprint density at radius 3 is 2.89 bits per heavy atom. The maximum atomic E-state index is 12.7. The molecule has 2 atom stereocenters. The van der Waals surface area contributed by atoms with Crippen molar-refractivity contribution in [1.29, 1.82) is 0 Å². The number of aromatic nitrogens is 1. The molecular formula is C26H32BIN4O2S. The second kappa shape index (κ2) is 10.7. The molecule has 0 spiro atoms. The standard InChI is InChI=1S/C26H32BIN4O2S/c1-16-11-17(2)24(34-18-5-4-7-29-15-18)21(12-16)20-6-8-30-22-13-19(35-25(20)22)14-23-26(33)31-9-10-32(23)27(3)28/h6,8,11-13,18,23,29H,4-5,7,9-10,14-15H2,1-3H3,(H,31,33)/t18-,23?/m0/s1. The van der Waals surface area contributed by atoms with Crippen LogP contribution in [0.15, 0.2) is 30.5 Å². The molecule has 2 aliphatic heterocycles. The third-order valence-corrected chi connectivity index (χ3v) is 8.83. The van der Waals surface area contributed by atoms with Crippen molar-refractivity contribution >= 4 is 54.5 Å². The van der Waals surface area contributed by atoms with Gasteiger partial charge in [-0.15, -0.1) is 33.7 Å². The molecule has 35 heavy (non-hydrogen) atoms. The van der Waals surface area contributed by atoms with Crippen molar-refractivity contribution in [3.63, 3.8) is 0 Å². The van der Waals surface area contributed by atoms with Crippen molar-refractivity contribution in [2.24, 2.45) is 0 Å². The van der Waals surface area contributed by atoms with Crippen LogP contribution in [-0.2, 0) is 11.2 Å². The topological polar surface area (TPSA) is 66.5 Å². The number of carbonyl (C=O) groups is 1. The van der Waals surface area contributed by atoms with Gasteiger partial charge in [0.1, 0.15) is 11.9 Å². The molecule has 2 N–H and O–H groups in total. The largest absolute Gasteiger partial charge is 0.488 e. The van der Waals surface area contributed by atoms with Gasteiger partial charge in [0.25, 0.3) is 4.70 Å². The molecule has 1 amide bonds. The van der Waals surface area contributed by atoms with Crippen LogP contribution in [-0.4, -0.2) is 58.7 Å². The summed E-state index contributed by atoms with van der Waals surface area (Å²) in [7, 11) is 0. The monoisotopic (exact) mass is 602 g/mol. The van der Waals surface area contributed by atoms with E-state index in [9.17, 15) is 4.79 Å². The fraction of sp³-hybridized carbons (Fsp3) is 0.462. The number of piperazine rings is 1. The summed E-state index contributed by atoms with van der Waals surface area (Å²) in [5.74, 6) is 1.10. The Morgan fingerprint density at radius 2 is 2.11 bits per heavy atom. The van der Waals surface area contributed by atoms with Crippen LogP contribution in [0.1, 0.15) is 28.8 Å². The summed E-state index contributed by atoms with van der Waals surface area (Å²) in [4.78, 5) is 20.9. The predicted octanol–water partition coefficient (Wildman–Crippen LogP) is 4.61. The molecule has 0 radical (unpaired) electrons. The number of carbonyl (C=O) groups excluding carboxylic acids is 1.